The molecular weight excluding hydrogens is 799 g/mol. The summed E-state index contributed by atoms with van der Waals surface area (Å²) in [6, 6.07) is 20.4. The SMILES string of the molecule is CCC(C)C1NC(=O)C2CCCN2C(=O)C(Cc2ccccc2)NC(=O)C(Cc2ccccc2)NC(=O)C(C(C)CC)NC(=O)C2CCCN2C(=O)C(Cc2ccccc2)NC1=O. The van der Waals surface area contributed by atoms with E-state index >= 15 is 0 Å². The molecule has 3 aromatic rings. The Hall–Kier alpha value is -6.05. The number of hydrogen-bond acceptors (Lipinski definition) is 7. The zero-order valence-electron chi connectivity index (χ0n) is 36.9. The van der Waals surface area contributed by atoms with E-state index in [0.717, 1.165) is 16.7 Å². The van der Waals surface area contributed by atoms with Gasteiger partial charge in [-0.05, 0) is 54.2 Å². The Morgan fingerprint density at radius 1 is 0.460 bits per heavy atom. The van der Waals surface area contributed by atoms with Gasteiger partial charge in [-0.15, -0.1) is 0 Å². The van der Waals surface area contributed by atoms with Crippen molar-refractivity contribution in [2.45, 2.75) is 128 Å². The predicted octanol–water partition coefficient (Wildman–Crippen LogP) is 3.23. The van der Waals surface area contributed by atoms with Crippen LogP contribution < -0.4 is 26.6 Å². The maximum Gasteiger partial charge on any atom is 0.246 e. The van der Waals surface area contributed by atoms with Gasteiger partial charge in [0.05, 0.1) is 0 Å². The van der Waals surface area contributed by atoms with Crippen LogP contribution in [0.15, 0.2) is 91.0 Å². The normalized spacial score (nSPS) is 26.5. The number of nitrogens with zero attached hydrogens (tertiary/aromatic N) is 2. The van der Waals surface area contributed by atoms with Crippen LogP contribution in [-0.4, -0.2) is 107 Å². The van der Waals surface area contributed by atoms with Crippen LogP contribution in [0.4, 0.5) is 0 Å². The van der Waals surface area contributed by atoms with E-state index in [9.17, 15) is 33.6 Å². The number of carbonyl (C=O) groups excluding carboxylic acids is 7. The molecule has 0 spiro atoms. The Morgan fingerprint density at radius 2 is 0.794 bits per heavy atom. The van der Waals surface area contributed by atoms with E-state index in [0.29, 0.717) is 38.5 Å². The van der Waals surface area contributed by atoms with Crippen LogP contribution in [-0.2, 0) is 52.8 Å². The number of hydrogen-bond donors (Lipinski definition) is 5. The molecule has 3 aromatic carbocycles. The van der Waals surface area contributed by atoms with Crippen molar-refractivity contribution in [2.75, 3.05) is 13.1 Å². The fourth-order valence-electron chi connectivity index (χ4n) is 8.86. The highest BCUT2D eigenvalue weighted by Gasteiger charge is 2.43. The molecule has 63 heavy (non-hydrogen) atoms. The van der Waals surface area contributed by atoms with Crippen molar-refractivity contribution in [1.29, 1.82) is 0 Å². The summed E-state index contributed by atoms with van der Waals surface area (Å²) >= 11 is 0. The van der Waals surface area contributed by atoms with E-state index in [-0.39, 0.29) is 44.2 Å². The number of nitrogens with one attached hydrogen (secondary N) is 5. The van der Waals surface area contributed by atoms with Crippen molar-refractivity contribution in [3.8, 4) is 0 Å². The fourth-order valence-corrected chi connectivity index (χ4v) is 8.86. The van der Waals surface area contributed by atoms with Crippen LogP contribution in [0, 0.1) is 11.8 Å². The topological polar surface area (TPSA) is 186 Å². The van der Waals surface area contributed by atoms with E-state index in [1.807, 2.05) is 119 Å². The monoisotopic (exact) mass is 861 g/mol. The molecule has 0 aliphatic carbocycles. The quantitative estimate of drug-likeness (QED) is 0.207. The molecule has 336 valence electrons. The number of benzene rings is 3. The van der Waals surface area contributed by atoms with Gasteiger partial charge in [0.25, 0.3) is 0 Å². The first kappa shape index (κ1) is 46.5. The van der Waals surface area contributed by atoms with Crippen molar-refractivity contribution in [2.24, 2.45) is 11.8 Å². The van der Waals surface area contributed by atoms with Gasteiger partial charge in [-0.2, -0.15) is 0 Å². The molecule has 5 N–H and O–H groups in total. The average Bonchev–Trinajstić information content (AvgIpc) is 4.00. The highest BCUT2D eigenvalue weighted by atomic mass is 16.2. The summed E-state index contributed by atoms with van der Waals surface area (Å²) in [6.07, 6.45) is 3.11. The van der Waals surface area contributed by atoms with E-state index < -0.39 is 83.6 Å². The zero-order chi connectivity index (χ0) is 45.0. The molecular formula is C49H63N7O7. The van der Waals surface area contributed by atoms with Gasteiger partial charge in [0.15, 0.2) is 0 Å². The smallest absolute Gasteiger partial charge is 0.246 e. The van der Waals surface area contributed by atoms with Crippen molar-refractivity contribution < 1.29 is 33.6 Å². The lowest BCUT2D eigenvalue weighted by atomic mass is 9.96. The molecule has 14 nitrogen and oxygen atoms in total. The summed E-state index contributed by atoms with van der Waals surface area (Å²) in [5, 5.41) is 14.8. The van der Waals surface area contributed by atoms with Gasteiger partial charge >= 0.3 is 0 Å². The van der Waals surface area contributed by atoms with E-state index in [2.05, 4.69) is 26.6 Å². The average molecular weight is 862 g/mol. The van der Waals surface area contributed by atoms with Crippen LogP contribution in [0.1, 0.15) is 82.9 Å². The summed E-state index contributed by atoms with van der Waals surface area (Å²) < 4.78 is 0. The predicted molar refractivity (Wildman–Crippen MR) is 238 cm³/mol. The third-order valence-electron chi connectivity index (χ3n) is 13.0. The van der Waals surface area contributed by atoms with Gasteiger partial charge < -0.3 is 36.4 Å². The third kappa shape index (κ3) is 11.7. The molecule has 3 heterocycles. The van der Waals surface area contributed by atoms with Gasteiger partial charge in [0.1, 0.15) is 42.3 Å². The fraction of sp³-hybridized carbons (Fsp3) is 0.490. The van der Waals surface area contributed by atoms with Crippen molar-refractivity contribution in [1.82, 2.24) is 36.4 Å². The van der Waals surface area contributed by atoms with Gasteiger partial charge in [0.2, 0.25) is 41.4 Å². The lowest BCUT2D eigenvalue weighted by molar-refractivity contribution is -0.143. The minimum atomic E-state index is -1.15. The first-order valence-corrected chi connectivity index (χ1v) is 22.6. The molecule has 9 unspecified atom stereocenters. The minimum absolute atomic E-state index is 0.0896. The van der Waals surface area contributed by atoms with Gasteiger partial charge in [-0.25, -0.2) is 0 Å². The maximum atomic E-state index is 14.7. The van der Waals surface area contributed by atoms with Crippen molar-refractivity contribution >= 4 is 41.4 Å². The van der Waals surface area contributed by atoms with E-state index in [1.54, 1.807) is 0 Å². The molecule has 6 rings (SSSR count). The van der Waals surface area contributed by atoms with Crippen LogP contribution in [0.3, 0.4) is 0 Å². The molecule has 3 aliphatic rings. The third-order valence-corrected chi connectivity index (χ3v) is 13.0. The molecule has 0 bridgehead atoms. The first-order chi connectivity index (χ1) is 30.4. The molecule has 0 aromatic heterocycles. The summed E-state index contributed by atoms with van der Waals surface area (Å²) in [5.74, 6) is -4.40. The van der Waals surface area contributed by atoms with Gasteiger partial charge in [-0.1, -0.05) is 132 Å². The van der Waals surface area contributed by atoms with Gasteiger partial charge in [0, 0.05) is 32.4 Å². The van der Waals surface area contributed by atoms with Crippen molar-refractivity contribution in [3.05, 3.63) is 108 Å². The Balaban J connectivity index is 1.42. The summed E-state index contributed by atoms with van der Waals surface area (Å²) in [7, 11) is 0. The second-order valence-corrected chi connectivity index (χ2v) is 17.4. The summed E-state index contributed by atoms with van der Waals surface area (Å²) in [4.78, 5) is 104. The van der Waals surface area contributed by atoms with Crippen LogP contribution in [0.2, 0.25) is 0 Å². The molecule has 7 amide bonds. The Bertz CT molecular complexity index is 2070. The Morgan fingerprint density at radius 3 is 1.16 bits per heavy atom. The molecule has 9 atom stereocenters. The molecule has 3 aliphatic heterocycles. The lowest BCUT2D eigenvalue weighted by Crippen LogP contribution is -2.61. The zero-order valence-corrected chi connectivity index (χ0v) is 36.9. The van der Waals surface area contributed by atoms with Gasteiger partial charge in [-0.3, -0.25) is 33.6 Å². The first-order valence-electron chi connectivity index (χ1n) is 22.6. The highest BCUT2D eigenvalue weighted by Crippen LogP contribution is 2.24. The summed E-state index contributed by atoms with van der Waals surface area (Å²) in [5.41, 5.74) is 2.33. The largest absolute Gasteiger partial charge is 0.342 e. The second kappa shape index (κ2) is 21.8. The molecule has 0 saturated carbocycles. The highest BCUT2D eigenvalue weighted by molar-refractivity contribution is 5.99. The number of fused-ring (bicyclic) bond motifs is 2. The minimum Gasteiger partial charge on any atom is -0.342 e. The lowest BCUT2D eigenvalue weighted by Gasteiger charge is -2.33. The number of rotatable bonds is 10. The number of carbonyl (C=O) groups is 7. The molecule has 3 fully saturated rings. The van der Waals surface area contributed by atoms with E-state index in [1.165, 1.54) is 9.80 Å². The molecule has 14 heteroatoms. The Kier molecular flexibility index (Phi) is 16.1. The van der Waals surface area contributed by atoms with Crippen LogP contribution in [0.5, 0.6) is 0 Å². The van der Waals surface area contributed by atoms with E-state index in [4.69, 9.17) is 0 Å². The number of amides is 7. The second-order valence-electron chi connectivity index (χ2n) is 17.4. The maximum absolute atomic E-state index is 14.7. The Labute approximate surface area is 370 Å². The molecule has 3 saturated heterocycles. The van der Waals surface area contributed by atoms with Crippen LogP contribution in [0.25, 0.3) is 0 Å². The van der Waals surface area contributed by atoms with Crippen molar-refractivity contribution in [3.63, 3.8) is 0 Å². The molecule has 0 radical (unpaired) electrons. The van der Waals surface area contributed by atoms with Crippen LogP contribution >= 0.6 is 0 Å². The standard InChI is InChI=1S/C49H63N7O7/c1-5-31(3)41-46(60)50-36(28-33-18-10-7-11-19-33)43(57)51-37(29-34-20-12-8-13-21-34)48(62)55-26-16-24-39(55)45(59)54-42(32(4)6-2)47(61)52-38(30-35-22-14-9-15-23-35)49(63)56-27-17-25-40(56)44(58)53-41/h7-15,18-23,31-32,36-42H,5-6,16-17,24-30H2,1-4H3,(H,50,60)(H,51,57)(H,52,61)(H,53,58)(H,54,59). The summed E-state index contributed by atoms with van der Waals surface area (Å²) in [6.45, 7) is 8.01.